The lowest BCUT2D eigenvalue weighted by atomic mass is 9.95. The fourth-order valence-corrected chi connectivity index (χ4v) is 5.02. The molecule has 1 aliphatic heterocycles. The van der Waals surface area contributed by atoms with Gasteiger partial charge in [-0.25, -0.2) is 0 Å². The number of carbonyl (C=O) groups excluding carboxylic acids is 2. The van der Waals surface area contributed by atoms with E-state index in [9.17, 15) is 9.59 Å². The number of benzene rings is 1. The first-order valence-electron chi connectivity index (χ1n) is 10.9. The van der Waals surface area contributed by atoms with Gasteiger partial charge in [-0.15, -0.1) is 11.3 Å². The van der Waals surface area contributed by atoms with Crippen LogP contribution in [-0.4, -0.2) is 48.0 Å². The van der Waals surface area contributed by atoms with Gasteiger partial charge < -0.3 is 19.5 Å². The number of ether oxygens (including phenoxy) is 1. The summed E-state index contributed by atoms with van der Waals surface area (Å²) in [5.74, 6) is 0.992. The van der Waals surface area contributed by atoms with Gasteiger partial charge in [0, 0.05) is 37.5 Å². The van der Waals surface area contributed by atoms with E-state index >= 15 is 0 Å². The van der Waals surface area contributed by atoms with Crippen LogP contribution in [0.2, 0.25) is 0 Å². The number of likely N-dealkylation sites (tertiary alicyclic amines) is 1. The fourth-order valence-electron chi connectivity index (χ4n) is 4.12. The van der Waals surface area contributed by atoms with Crippen LogP contribution in [-0.2, 0) is 11.3 Å². The summed E-state index contributed by atoms with van der Waals surface area (Å²) in [5, 5.41) is 6.14. The SMILES string of the molecule is CCCNC(=O)C1CCN(C(=O)c2cc3ccsc3n2Cc2ccc(OC)cc2)CC1. The number of methoxy groups -OCH3 is 1. The number of rotatable bonds is 7. The van der Waals surface area contributed by atoms with E-state index in [1.165, 1.54) is 0 Å². The van der Waals surface area contributed by atoms with Crippen LogP contribution in [0, 0.1) is 5.92 Å². The van der Waals surface area contributed by atoms with Crippen LogP contribution >= 0.6 is 11.3 Å². The molecule has 164 valence electrons. The number of carbonyl (C=O) groups is 2. The maximum absolute atomic E-state index is 13.4. The molecule has 4 rings (SSSR count). The molecule has 0 bridgehead atoms. The molecule has 0 spiro atoms. The van der Waals surface area contributed by atoms with Crippen LogP contribution in [0.25, 0.3) is 10.2 Å². The second-order valence-corrected chi connectivity index (χ2v) is 8.90. The lowest BCUT2D eigenvalue weighted by Gasteiger charge is -2.31. The van der Waals surface area contributed by atoms with Crippen LogP contribution in [0.15, 0.2) is 41.8 Å². The Kier molecular flexibility index (Phi) is 6.61. The minimum absolute atomic E-state index is 0.00480. The van der Waals surface area contributed by atoms with E-state index in [0.717, 1.165) is 40.8 Å². The molecule has 3 heterocycles. The van der Waals surface area contributed by atoms with Crippen molar-refractivity contribution in [3.8, 4) is 5.75 Å². The molecule has 1 aromatic carbocycles. The Balaban J connectivity index is 1.50. The molecule has 1 aliphatic rings. The minimum Gasteiger partial charge on any atom is -0.497 e. The zero-order valence-electron chi connectivity index (χ0n) is 18.1. The van der Waals surface area contributed by atoms with E-state index in [4.69, 9.17) is 4.74 Å². The van der Waals surface area contributed by atoms with E-state index in [1.807, 2.05) is 42.2 Å². The van der Waals surface area contributed by atoms with Gasteiger partial charge in [-0.3, -0.25) is 9.59 Å². The monoisotopic (exact) mass is 439 g/mol. The maximum Gasteiger partial charge on any atom is 0.270 e. The minimum atomic E-state index is 0.00480. The van der Waals surface area contributed by atoms with Crippen LogP contribution in [0.3, 0.4) is 0 Å². The third-order valence-corrected chi connectivity index (χ3v) is 6.87. The highest BCUT2D eigenvalue weighted by Crippen LogP contribution is 2.29. The first-order chi connectivity index (χ1) is 15.1. The quantitative estimate of drug-likeness (QED) is 0.602. The van der Waals surface area contributed by atoms with Crippen molar-refractivity contribution in [3.05, 3.63) is 53.0 Å². The Morgan fingerprint density at radius 3 is 2.58 bits per heavy atom. The molecule has 0 aliphatic carbocycles. The molecule has 0 unspecified atom stereocenters. The third-order valence-electron chi connectivity index (χ3n) is 5.92. The van der Waals surface area contributed by atoms with Crippen molar-refractivity contribution in [3.63, 3.8) is 0 Å². The highest BCUT2D eigenvalue weighted by Gasteiger charge is 2.29. The van der Waals surface area contributed by atoms with Gasteiger partial charge in [0.25, 0.3) is 5.91 Å². The Morgan fingerprint density at radius 2 is 1.90 bits per heavy atom. The summed E-state index contributed by atoms with van der Waals surface area (Å²) in [4.78, 5) is 28.7. The number of aromatic nitrogens is 1. The van der Waals surface area contributed by atoms with Crippen LogP contribution < -0.4 is 10.1 Å². The van der Waals surface area contributed by atoms with Crippen molar-refractivity contribution < 1.29 is 14.3 Å². The summed E-state index contributed by atoms with van der Waals surface area (Å²) in [6.07, 6.45) is 2.37. The zero-order valence-corrected chi connectivity index (χ0v) is 18.9. The first kappa shape index (κ1) is 21.4. The Morgan fingerprint density at radius 1 is 1.16 bits per heavy atom. The van der Waals surface area contributed by atoms with Gasteiger partial charge in [-0.1, -0.05) is 19.1 Å². The van der Waals surface area contributed by atoms with E-state index in [0.29, 0.717) is 31.9 Å². The van der Waals surface area contributed by atoms with Gasteiger partial charge >= 0.3 is 0 Å². The average Bonchev–Trinajstić information content (AvgIpc) is 3.40. The standard InChI is InChI=1S/C24H29N3O3S/c1-3-11-25-22(28)18-8-12-26(13-9-18)23(29)21-15-19-10-14-31-24(19)27(21)16-17-4-6-20(30-2)7-5-17/h4-7,10,14-15,18H,3,8-9,11-13,16H2,1-2H3,(H,25,28). The van der Waals surface area contributed by atoms with E-state index in [2.05, 4.69) is 21.3 Å². The van der Waals surface area contributed by atoms with Crippen molar-refractivity contribution in [2.75, 3.05) is 26.7 Å². The van der Waals surface area contributed by atoms with Gasteiger partial charge in [0.2, 0.25) is 5.91 Å². The predicted octanol–water partition coefficient (Wildman–Crippen LogP) is 4.14. The van der Waals surface area contributed by atoms with Crippen molar-refractivity contribution in [2.24, 2.45) is 5.92 Å². The highest BCUT2D eigenvalue weighted by atomic mass is 32.1. The van der Waals surface area contributed by atoms with Crippen molar-refractivity contribution in [2.45, 2.75) is 32.7 Å². The second kappa shape index (κ2) is 9.56. The number of nitrogens with one attached hydrogen (secondary N) is 1. The lowest BCUT2D eigenvalue weighted by molar-refractivity contribution is -0.126. The molecule has 2 amide bonds. The second-order valence-electron chi connectivity index (χ2n) is 8.00. The number of thiophene rings is 1. The van der Waals surface area contributed by atoms with Gasteiger partial charge in [0.1, 0.15) is 16.3 Å². The number of piperidine rings is 1. The van der Waals surface area contributed by atoms with Gasteiger partial charge in [-0.2, -0.15) is 0 Å². The summed E-state index contributed by atoms with van der Waals surface area (Å²) in [6, 6.07) is 12.0. The Hall–Kier alpha value is -2.80. The van der Waals surface area contributed by atoms with Crippen molar-refractivity contribution in [1.29, 1.82) is 0 Å². The molecule has 3 aromatic rings. The molecule has 7 heteroatoms. The topological polar surface area (TPSA) is 63.6 Å². The Labute approximate surface area is 186 Å². The number of hydrogen-bond acceptors (Lipinski definition) is 4. The molecular weight excluding hydrogens is 410 g/mol. The van der Waals surface area contributed by atoms with Crippen LogP contribution in [0.4, 0.5) is 0 Å². The molecule has 0 saturated carbocycles. The van der Waals surface area contributed by atoms with Crippen molar-refractivity contribution in [1.82, 2.24) is 14.8 Å². The molecule has 0 atom stereocenters. The first-order valence-corrected chi connectivity index (χ1v) is 11.7. The number of nitrogens with zero attached hydrogens (tertiary/aromatic N) is 2. The molecule has 1 fully saturated rings. The molecule has 1 saturated heterocycles. The summed E-state index contributed by atoms with van der Waals surface area (Å²) < 4.78 is 7.37. The fraction of sp³-hybridized carbons (Fsp3) is 0.417. The highest BCUT2D eigenvalue weighted by molar-refractivity contribution is 7.16. The Bertz CT molecular complexity index is 1050. The number of amides is 2. The molecule has 0 radical (unpaired) electrons. The van der Waals surface area contributed by atoms with Crippen LogP contribution in [0.5, 0.6) is 5.75 Å². The normalized spacial score (nSPS) is 14.7. The summed E-state index contributed by atoms with van der Waals surface area (Å²) in [5.41, 5.74) is 1.83. The predicted molar refractivity (Wildman–Crippen MR) is 124 cm³/mol. The maximum atomic E-state index is 13.4. The molecule has 6 nitrogen and oxygen atoms in total. The molecule has 1 N–H and O–H groups in total. The lowest BCUT2D eigenvalue weighted by Crippen LogP contribution is -2.43. The number of fused-ring (bicyclic) bond motifs is 1. The molecular formula is C24H29N3O3S. The summed E-state index contributed by atoms with van der Waals surface area (Å²) in [6.45, 7) is 4.63. The summed E-state index contributed by atoms with van der Waals surface area (Å²) in [7, 11) is 1.66. The van der Waals surface area contributed by atoms with E-state index in [1.54, 1.807) is 18.4 Å². The van der Waals surface area contributed by atoms with Gasteiger partial charge in [0.15, 0.2) is 0 Å². The zero-order chi connectivity index (χ0) is 21.8. The number of hydrogen-bond donors (Lipinski definition) is 1. The summed E-state index contributed by atoms with van der Waals surface area (Å²) >= 11 is 1.65. The third kappa shape index (κ3) is 4.61. The van der Waals surface area contributed by atoms with E-state index in [-0.39, 0.29) is 17.7 Å². The largest absolute Gasteiger partial charge is 0.497 e. The molecule has 2 aromatic heterocycles. The van der Waals surface area contributed by atoms with Gasteiger partial charge in [0.05, 0.1) is 7.11 Å². The van der Waals surface area contributed by atoms with E-state index < -0.39 is 0 Å². The van der Waals surface area contributed by atoms with Crippen molar-refractivity contribution >= 4 is 33.4 Å². The smallest absolute Gasteiger partial charge is 0.270 e. The van der Waals surface area contributed by atoms with Crippen LogP contribution in [0.1, 0.15) is 42.2 Å². The molecule has 31 heavy (non-hydrogen) atoms. The average molecular weight is 440 g/mol. The van der Waals surface area contributed by atoms with Gasteiger partial charge in [-0.05, 0) is 54.5 Å².